The molecule has 82 valence electrons. The van der Waals surface area contributed by atoms with Gasteiger partial charge in [-0.05, 0) is 43.2 Å². The lowest BCUT2D eigenvalue weighted by Gasteiger charge is -2.26. The topological polar surface area (TPSA) is 29.5 Å². The summed E-state index contributed by atoms with van der Waals surface area (Å²) in [6, 6.07) is 8.21. The highest BCUT2D eigenvalue weighted by Gasteiger charge is 2.22. The smallest absolute Gasteiger partial charge is 0.122 e. The standard InChI is InChI=1S/C13H18O2/c1-15-13-5-3-2-4-12(13)10-6-8-11(14)9-7-10/h2-5,10-11,14H,6-9H2,1H3. The summed E-state index contributed by atoms with van der Waals surface area (Å²) < 4.78 is 5.36. The van der Waals surface area contributed by atoms with Crippen LogP contribution in [0.1, 0.15) is 37.2 Å². The molecule has 0 unspecified atom stereocenters. The zero-order chi connectivity index (χ0) is 10.7. The lowest BCUT2D eigenvalue weighted by molar-refractivity contribution is 0.122. The lowest BCUT2D eigenvalue weighted by Crippen LogP contribution is -2.17. The molecule has 0 atom stereocenters. The van der Waals surface area contributed by atoms with Crippen LogP contribution in [0.15, 0.2) is 24.3 Å². The maximum Gasteiger partial charge on any atom is 0.122 e. The first-order valence-electron chi connectivity index (χ1n) is 5.62. The fraction of sp³-hybridized carbons (Fsp3) is 0.538. The molecular weight excluding hydrogens is 188 g/mol. The highest BCUT2D eigenvalue weighted by Crippen LogP contribution is 2.37. The SMILES string of the molecule is COc1ccccc1C1CCC(O)CC1. The largest absolute Gasteiger partial charge is 0.496 e. The first-order chi connectivity index (χ1) is 7.31. The van der Waals surface area contributed by atoms with Crippen LogP contribution in [-0.2, 0) is 0 Å². The molecule has 1 fully saturated rings. The zero-order valence-electron chi connectivity index (χ0n) is 9.15. The first-order valence-corrected chi connectivity index (χ1v) is 5.62. The minimum Gasteiger partial charge on any atom is -0.496 e. The Balaban J connectivity index is 2.15. The van der Waals surface area contributed by atoms with Gasteiger partial charge in [-0.3, -0.25) is 0 Å². The molecule has 2 rings (SSSR count). The van der Waals surface area contributed by atoms with Crippen LogP contribution < -0.4 is 4.74 Å². The molecule has 2 nitrogen and oxygen atoms in total. The monoisotopic (exact) mass is 206 g/mol. The second-order valence-electron chi connectivity index (χ2n) is 4.25. The minimum atomic E-state index is -0.0871. The van der Waals surface area contributed by atoms with E-state index in [4.69, 9.17) is 4.74 Å². The molecule has 1 saturated carbocycles. The molecule has 0 spiro atoms. The number of aliphatic hydroxyl groups is 1. The second-order valence-corrected chi connectivity index (χ2v) is 4.25. The Labute approximate surface area is 90.9 Å². The number of ether oxygens (including phenoxy) is 1. The van der Waals surface area contributed by atoms with Gasteiger partial charge in [-0.25, -0.2) is 0 Å². The van der Waals surface area contributed by atoms with E-state index in [9.17, 15) is 5.11 Å². The quantitative estimate of drug-likeness (QED) is 0.806. The van der Waals surface area contributed by atoms with E-state index >= 15 is 0 Å². The molecule has 0 radical (unpaired) electrons. The van der Waals surface area contributed by atoms with Crippen molar-refractivity contribution in [3.05, 3.63) is 29.8 Å². The van der Waals surface area contributed by atoms with Crippen molar-refractivity contribution in [2.45, 2.75) is 37.7 Å². The lowest BCUT2D eigenvalue weighted by atomic mass is 9.82. The molecule has 2 heteroatoms. The van der Waals surface area contributed by atoms with Crippen LogP contribution >= 0.6 is 0 Å². The van der Waals surface area contributed by atoms with Gasteiger partial charge in [-0.1, -0.05) is 18.2 Å². The van der Waals surface area contributed by atoms with Crippen LogP contribution in [0.25, 0.3) is 0 Å². The van der Waals surface area contributed by atoms with Gasteiger partial charge in [0, 0.05) is 0 Å². The summed E-state index contributed by atoms with van der Waals surface area (Å²) in [5.41, 5.74) is 1.30. The van der Waals surface area contributed by atoms with Crippen molar-refractivity contribution in [1.82, 2.24) is 0 Å². The molecule has 1 N–H and O–H groups in total. The Kier molecular flexibility index (Phi) is 3.27. The Bertz CT molecular complexity index is 314. The Morgan fingerprint density at radius 2 is 1.80 bits per heavy atom. The van der Waals surface area contributed by atoms with Gasteiger partial charge in [0.05, 0.1) is 13.2 Å². The molecule has 1 aromatic rings. The Morgan fingerprint density at radius 3 is 2.47 bits per heavy atom. The Hall–Kier alpha value is -1.02. The van der Waals surface area contributed by atoms with Crippen molar-refractivity contribution >= 4 is 0 Å². The molecule has 15 heavy (non-hydrogen) atoms. The third-order valence-corrected chi connectivity index (χ3v) is 3.28. The van der Waals surface area contributed by atoms with E-state index in [2.05, 4.69) is 12.1 Å². The first kappa shape index (κ1) is 10.5. The minimum absolute atomic E-state index is 0.0871. The van der Waals surface area contributed by atoms with E-state index in [1.165, 1.54) is 5.56 Å². The van der Waals surface area contributed by atoms with E-state index < -0.39 is 0 Å². The third kappa shape index (κ3) is 2.32. The van der Waals surface area contributed by atoms with Crippen molar-refractivity contribution < 1.29 is 9.84 Å². The summed E-state index contributed by atoms with van der Waals surface area (Å²) in [6.45, 7) is 0. The van der Waals surface area contributed by atoms with Crippen molar-refractivity contribution in [2.24, 2.45) is 0 Å². The average molecular weight is 206 g/mol. The van der Waals surface area contributed by atoms with Gasteiger partial charge in [0.25, 0.3) is 0 Å². The summed E-state index contributed by atoms with van der Waals surface area (Å²) in [4.78, 5) is 0. The molecule has 0 amide bonds. The summed E-state index contributed by atoms with van der Waals surface area (Å²) in [5.74, 6) is 1.54. The van der Waals surface area contributed by atoms with Gasteiger partial charge in [0.1, 0.15) is 5.75 Å². The van der Waals surface area contributed by atoms with Crippen molar-refractivity contribution in [3.8, 4) is 5.75 Å². The molecule has 0 bridgehead atoms. The molecule has 0 aromatic heterocycles. The highest BCUT2D eigenvalue weighted by atomic mass is 16.5. The predicted molar refractivity (Wildman–Crippen MR) is 60.2 cm³/mol. The molecule has 1 aromatic carbocycles. The van der Waals surface area contributed by atoms with Gasteiger partial charge < -0.3 is 9.84 Å². The summed E-state index contributed by atoms with van der Waals surface area (Å²) in [7, 11) is 1.72. The molecule has 0 heterocycles. The Morgan fingerprint density at radius 1 is 1.13 bits per heavy atom. The van der Waals surface area contributed by atoms with Crippen LogP contribution in [0.3, 0.4) is 0 Å². The van der Waals surface area contributed by atoms with Crippen LogP contribution in [0, 0.1) is 0 Å². The van der Waals surface area contributed by atoms with Gasteiger partial charge in [-0.15, -0.1) is 0 Å². The molecule has 1 aliphatic rings. The van der Waals surface area contributed by atoms with Gasteiger partial charge in [0.15, 0.2) is 0 Å². The highest BCUT2D eigenvalue weighted by molar-refractivity contribution is 5.36. The summed E-state index contributed by atoms with van der Waals surface area (Å²) in [5, 5.41) is 9.47. The second kappa shape index (κ2) is 4.67. The average Bonchev–Trinajstić information content (AvgIpc) is 2.30. The number of rotatable bonds is 2. The molecule has 0 aliphatic heterocycles. The van der Waals surface area contributed by atoms with Crippen molar-refractivity contribution in [2.75, 3.05) is 7.11 Å². The van der Waals surface area contributed by atoms with E-state index in [1.54, 1.807) is 7.11 Å². The third-order valence-electron chi connectivity index (χ3n) is 3.28. The predicted octanol–water partition coefficient (Wildman–Crippen LogP) is 2.71. The summed E-state index contributed by atoms with van der Waals surface area (Å²) >= 11 is 0. The van der Waals surface area contributed by atoms with Crippen molar-refractivity contribution in [1.29, 1.82) is 0 Å². The van der Waals surface area contributed by atoms with E-state index in [-0.39, 0.29) is 6.10 Å². The molecule has 0 saturated heterocycles. The number of hydrogen-bond donors (Lipinski definition) is 1. The zero-order valence-corrected chi connectivity index (χ0v) is 9.15. The number of benzene rings is 1. The number of hydrogen-bond acceptors (Lipinski definition) is 2. The van der Waals surface area contributed by atoms with Gasteiger partial charge >= 0.3 is 0 Å². The van der Waals surface area contributed by atoms with Crippen molar-refractivity contribution in [3.63, 3.8) is 0 Å². The number of methoxy groups -OCH3 is 1. The summed E-state index contributed by atoms with van der Waals surface area (Å²) in [6.07, 6.45) is 3.89. The number of aliphatic hydroxyl groups excluding tert-OH is 1. The van der Waals surface area contributed by atoms with Crippen LogP contribution in [0.5, 0.6) is 5.75 Å². The fourth-order valence-corrected chi connectivity index (χ4v) is 2.39. The van der Waals surface area contributed by atoms with E-state index in [1.807, 2.05) is 12.1 Å². The van der Waals surface area contributed by atoms with Crippen LogP contribution in [-0.4, -0.2) is 18.3 Å². The van der Waals surface area contributed by atoms with Crippen LogP contribution in [0.2, 0.25) is 0 Å². The van der Waals surface area contributed by atoms with E-state index in [0.29, 0.717) is 5.92 Å². The number of para-hydroxylation sites is 1. The maximum atomic E-state index is 9.47. The molecular formula is C13H18O2. The van der Waals surface area contributed by atoms with Crippen LogP contribution in [0.4, 0.5) is 0 Å². The molecule has 1 aliphatic carbocycles. The normalized spacial score (nSPS) is 26.3. The maximum absolute atomic E-state index is 9.47. The fourth-order valence-electron chi connectivity index (χ4n) is 2.39. The van der Waals surface area contributed by atoms with Gasteiger partial charge in [-0.2, -0.15) is 0 Å². The van der Waals surface area contributed by atoms with Gasteiger partial charge in [0.2, 0.25) is 0 Å². The van der Waals surface area contributed by atoms with E-state index in [0.717, 1.165) is 31.4 Å².